The first kappa shape index (κ1) is 13.8. The molecule has 0 aliphatic rings. The van der Waals surface area contributed by atoms with Crippen LogP contribution in [0.25, 0.3) is 6.08 Å². The number of carbonyl (C=O) groups excluding carboxylic acids is 1. The standard InChI is InChI=1S/C9H7NO4.Na/c11-9(12)6-3-7-1-4-8(5-2-7)10(13)14;/h1-6H,(H,11,12);/q;+1/p-1/b6-3-;. The number of carboxylic acid groups (broad SMARTS) is 1. The third-order valence-electron chi connectivity index (χ3n) is 1.52. The van der Waals surface area contributed by atoms with Crippen molar-refractivity contribution in [2.24, 2.45) is 0 Å². The Hall–Kier alpha value is -1.17. The van der Waals surface area contributed by atoms with Gasteiger partial charge in [-0.05, 0) is 23.8 Å². The van der Waals surface area contributed by atoms with Crippen molar-refractivity contribution in [3.05, 3.63) is 46.0 Å². The fourth-order valence-corrected chi connectivity index (χ4v) is 0.871. The fraction of sp³-hybridized carbons (Fsp3) is 0. The summed E-state index contributed by atoms with van der Waals surface area (Å²) in [7, 11) is 0. The normalized spacial score (nSPS) is 9.60. The largest absolute Gasteiger partial charge is 1.00 e. The number of rotatable bonds is 3. The molecule has 0 N–H and O–H groups in total. The molecule has 0 heterocycles. The van der Waals surface area contributed by atoms with Crippen molar-refractivity contribution in [2.45, 2.75) is 0 Å². The third kappa shape index (κ3) is 4.73. The van der Waals surface area contributed by atoms with E-state index in [0.29, 0.717) is 5.56 Å². The zero-order valence-corrected chi connectivity index (χ0v) is 10.0. The predicted octanol–water partition coefficient (Wildman–Crippen LogP) is -2.64. The maximum Gasteiger partial charge on any atom is 1.00 e. The second-order valence-electron chi connectivity index (χ2n) is 2.50. The van der Waals surface area contributed by atoms with Gasteiger partial charge in [-0.1, -0.05) is 6.08 Å². The molecule has 0 aromatic heterocycles. The molecule has 0 radical (unpaired) electrons. The first-order valence-corrected chi connectivity index (χ1v) is 3.73. The molecule has 1 aromatic rings. The molecule has 0 amide bonds. The number of benzene rings is 1. The third-order valence-corrected chi connectivity index (χ3v) is 1.52. The van der Waals surface area contributed by atoms with Gasteiger partial charge in [-0.25, -0.2) is 0 Å². The maximum atomic E-state index is 10.3. The number of hydrogen-bond donors (Lipinski definition) is 0. The molecule has 1 aromatic carbocycles. The molecular formula is C9H6NNaO4. The van der Waals surface area contributed by atoms with E-state index in [-0.39, 0.29) is 35.2 Å². The topological polar surface area (TPSA) is 83.3 Å². The molecule has 0 fully saturated rings. The molecule has 5 nitrogen and oxygen atoms in total. The van der Waals surface area contributed by atoms with Crippen molar-refractivity contribution >= 4 is 17.7 Å². The molecular weight excluding hydrogens is 209 g/mol. The average molecular weight is 215 g/mol. The van der Waals surface area contributed by atoms with Crippen LogP contribution in [0.3, 0.4) is 0 Å². The number of carboxylic acids is 1. The molecule has 1 rings (SSSR count). The summed E-state index contributed by atoms with van der Waals surface area (Å²) >= 11 is 0. The van der Waals surface area contributed by atoms with E-state index in [2.05, 4.69) is 0 Å². The quantitative estimate of drug-likeness (QED) is 0.239. The summed E-state index contributed by atoms with van der Waals surface area (Å²) < 4.78 is 0. The Balaban J connectivity index is 0.00000196. The van der Waals surface area contributed by atoms with Gasteiger partial charge in [0.1, 0.15) is 0 Å². The van der Waals surface area contributed by atoms with Crippen molar-refractivity contribution in [1.82, 2.24) is 0 Å². The van der Waals surface area contributed by atoms with Crippen LogP contribution < -0.4 is 34.7 Å². The van der Waals surface area contributed by atoms with Gasteiger partial charge in [0.15, 0.2) is 0 Å². The van der Waals surface area contributed by atoms with Crippen LogP contribution in [0, 0.1) is 10.1 Å². The van der Waals surface area contributed by atoms with E-state index in [1.807, 2.05) is 0 Å². The van der Waals surface area contributed by atoms with Crippen LogP contribution in [0.15, 0.2) is 30.3 Å². The van der Waals surface area contributed by atoms with E-state index in [1.54, 1.807) is 0 Å². The monoisotopic (exact) mass is 215 g/mol. The second-order valence-corrected chi connectivity index (χ2v) is 2.50. The average Bonchev–Trinajstić information content (AvgIpc) is 2.15. The van der Waals surface area contributed by atoms with Gasteiger partial charge < -0.3 is 9.90 Å². The van der Waals surface area contributed by atoms with Crippen LogP contribution in [-0.2, 0) is 4.79 Å². The molecule has 6 heteroatoms. The molecule has 0 unspecified atom stereocenters. The maximum absolute atomic E-state index is 10.3. The van der Waals surface area contributed by atoms with Crippen molar-refractivity contribution in [2.75, 3.05) is 0 Å². The summed E-state index contributed by atoms with van der Waals surface area (Å²) in [6.07, 6.45) is 2.17. The summed E-state index contributed by atoms with van der Waals surface area (Å²) in [4.78, 5) is 19.8. The van der Waals surface area contributed by atoms with Gasteiger partial charge in [-0.15, -0.1) is 0 Å². The van der Waals surface area contributed by atoms with Crippen molar-refractivity contribution in [3.8, 4) is 0 Å². The van der Waals surface area contributed by atoms with E-state index >= 15 is 0 Å². The molecule has 0 saturated heterocycles. The van der Waals surface area contributed by atoms with Gasteiger partial charge in [0, 0.05) is 12.1 Å². The van der Waals surface area contributed by atoms with Gasteiger partial charge in [0.2, 0.25) is 0 Å². The number of hydrogen-bond acceptors (Lipinski definition) is 4. The SMILES string of the molecule is O=C([O-])/C=C\c1ccc([N+](=O)[O-])cc1.[Na+]. The summed E-state index contributed by atoms with van der Waals surface area (Å²) in [5, 5.41) is 20.3. The molecule has 0 aliphatic heterocycles. The Bertz CT molecular complexity index is 386. The number of carbonyl (C=O) groups is 1. The molecule has 0 spiro atoms. The van der Waals surface area contributed by atoms with Crippen LogP contribution in [0.2, 0.25) is 0 Å². The minimum Gasteiger partial charge on any atom is -0.545 e. The van der Waals surface area contributed by atoms with E-state index in [9.17, 15) is 20.0 Å². The Kier molecular flexibility index (Phi) is 5.84. The summed E-state index contributed by atoms with van der Waals surface area (Å²) in [5.74, 6) is -1.30. The van der Waals surface area contributed by atoms with Gasteiger partial charge in [0.05, 0.1) is 10.9 Å². The number of nitro groups is 1. The minimum atomic E-state index is -1.30. The minimum absolute atomic E-state index is 0. The number of aliphatic carboxylic acids is 1. The summed E-state index contributed by atoms with van der Waals surface area (Å²) in [6, 6.07) is 5.51. The molecule has 0 aliphatic carbocycles. The number of nitrogens with zero attached hydrogens (tertiary/aromatic N) is 1. The van der Waals surface area contributed by atoms with Crippen LogP contribution in [0.5, 0.6) is 0 Å². The van der Waals surface area contributed by atoms with E-state index in [1.165, 1.54) is 30.3 Å². The van der Waals surface area contributed by atoms with Gasteiger partial charge in [-0.2, -0.15) is 0 Å². The molecule has 0 bridgehead atoms. The number of nitro benzene ring substituents is 1. The van der Waals surface area contributed by atoms with E-state index in [0.717, 1.165) is 6.08 Å². The van der Waals surface area contributed by atoms with Gasteiger partial charge >= 0.3 is 29.6 Å². The molecule has 0 saturated carbocycles. The molecule has 72 valence electrons. The fourth-order valence-electron chi connectivity index (χ4n) is 0.871. The smallest absolute Gasteiger partial charge is 0.545 e. The molecule has 0 atom stereocenters. The van der Waals surface area contributed by atoms with Gasteiger partial charge in [0.25, 0.3) is 5.69 Å². The van der Waals surface area contributed by atoms with Crippen LogP contribution in [-0.4, -0.2) is 10.9 Å². The van der Waals surface area contributed by atoms with Crippen LogP contribution in [0.4, 0.5) is 5.69 Å². The van der Waals surface area contributed by atoms with Crippen LogP contribution >= 0.6 is 0 Å². The molecule has 15 heavy (non-hydrogen) atoms. The van der Waals surface area contributed by atoms with Crippen molar-refractivity contribution in [3.63, 3.8) is 0 Å². The van der Waals surface area contributed by atoms with Crippen LogP contribution in [0.1, 0.15) is 5.56 Å². The summed E-state index contributed by atoms with van der Waals surface area (Å²) in [5.41, 5.74) is 0.537. The zero-order chi connectivity index (χ0) is 10.6. The predicted molar refractivity (Wildman–Crippen MR) is 47.1 cm³/mol. The number of non-ortho nitro benzene ring substituents is 1. The second kappa shape index (κ2) is 6.34. The van der Waals surface area contributed by atoms with E-state index in [4.69, 9.17) is 0 Å². The first-order valence-electron chi connectivity index (χ1n) is 3.73. The van der Waals surface area contributed by atoms with Crippen molar-refractivity contribution < 1.29 is 44.4 Å². The Morgan fingerprint density at radius 1 is 1.27 bits per heavy atom. The Labute approximate surface area is 108 Å². The summed E-state index contributed by atoms with van der Waals surface area (Å²) in [6.45, 7) is 0. The Morgan fingerprint density at radius 3 is 2.20 bits per heavy atom. The van der Waals surface area contributed by atoms with E-state index < -0.39 is 10.9 Å². The zero-order valence-electron chi connectivity index (χ0n) is 8.04. The van der Waals surface area contributed by atoms with Gasteiger partial charge in [-0.3, -0.25) is 10.1 Å². The first-order chi connectivity index (χ1) is 6.59. The van der Waals surface area contributed by atoms with Crippen molar-refractivity contribution in [1.29, 1.82) is 0 Å². The Morgan fingerprint density at radius 2 is 1.80 bits per heavy atom.